The molecule has 1 aliphatic carbocycles. The molecule has 0 aliphatic heterocycles. The normalized spacial score (nSPS) is 23.2. The van der Waals surface area contributed by atoms with Gasteiger partial charge in [0, 0.05) is 18.0 Å². The van der Waals surface area contributed by atoms with E-state index < -0.39 is 11.5 Å². The Kier molecular flexibility index (Phi) is 4.88. The van der Waals surface area contributed by atoms with Crippen LogP contribution in [0.1, 0.15) is 48.5 Å². The van der Waals surface area contributed by atoms with Crippen molar-refractivity contribution in [3.05, 3.63) is 53.9 Å². The molecule has 1 heterocycles. The molecule has 0 atom stereocenters. The van der Waals surface area contributed by atoms with Gasteiger partial charge in [0.1, 0.15) is 5.54 Å². The van der Waals surface area contributed by atoms with Crippen LogP contribution in [0.25, 0.3) is 0 Å². The first-order valence-electron chi connectivity index (χ1n) is 8.61. The molecule has 1 aliphatic rings. The van der Waals surface area contributed by atoms with E-state index in [0.29, 0.717) is 30.9 Å². The lowest BCUT2D eigenvalue weighted by atomic mass is 9.77. The molecular weight excluding hydrogens is 318 g/mol. The van der Waals surface area contributed by atoms with Gasteiger partial charge < -0.3 is 10.4 Å². The van der Waals surface area contributed by atoms with E-state index in [0.717, 1.165) is 18.4 Å². The van der Waals surface area contributed by atoms with E-state index in [-0.39, 0.29) is 5.91 Å². The van der Waals surface area contributed by atoms with Crippen molar-refractivity contribution in [3.63, 3.8) is 0 Å². The number of hydrogen-bond acceptors (Lipinski definition) is 3. The van der Waals surface area contributed by atoms with Gasteiger partial charge in [-0.1, -0.05) is 19.1 Å². The lowest BCUT2D eigenvalue weighted by molar-refractivity contribution is -0.146. The number of rotatable bonds is 5. The van der Waals surface area contributed by atoms with Crippen LogP contribution >= 0.6 is 0 Å². The monoisotopic (exact) mass is 341 g/mol. The van der Waals surface area contributed by atoms with Crippen molar-refractivity contribution in [2.45, 2.75) is 44.7 Å². The fourth-order valence-electron chi connectivity index (χ4n) is 3.28. The molecule has 25 heavy (non-hydrogen) atoms. The second-order valence-electron chi connectivity index (χ2n) is 6.92. The Morgan fingerprint density at radius 3 is 2.52 bits per heavy atom. The molecule has 132 valence electrons. The summed E-state index contributed by atoms with van der Waals surface area (Å²) < 4.78 is 1.80. The molecular formula is C19H23N3O3. The first-order chi connectivity index (χ1) is 12.0. The summed E-state index contributed by atoms with van der Waals surface area (Å²) in [7, 11) is 0. The molecule has 1 aromatic heterocycles. The number of carbonyl (C=O) groups is 2. The Hall–Kier alpha value is -2.63. The van der Waals surface area contributed by atoms with Crippen molar-refractivity contribution in [1.29, 1.82) is 0 Å². The van der Waals surface area contributed by atoms with Gasteiger partial charge in [-0.15, -0.1) is 0 Å². The predicted octanol–water partition coefficient (Wildman–Crippen LogP) is 2.69. The minimum atomic E-state index is -1.14. The zero-order valence-corrected chi connectivity index (χ0v) is 14.3. The standard InChI is InChI=1S/C19H23N3O3/c1-14-7-9-19(10-8-14,18(24)25)21-17(23)16-5-3-15(4-6-16)13-22-12-2-11-20-22/h2-6,11-12,14H,7-10,13H2,1H3,(H,21,23)(H,24,25). The van der Waals surface area contributed by atoms with Gasteiger partial charge in [0.05, 0.1) is 6.54 Å². The third-order valence-corrected chi connectivity index (χ3v) is 5.01. The highest BCUT2D eigenvalue weighted by atomic mass is 16.4. The van der Waals surface area contributed by atoms with Gasteiger partial charge in [0.15, 0.2) is 0 Å². The summed E-state index contributed by atoms with van der Waals surface area (Å²) in [4.78, 5) is 24.3. The first-order valence-corrected chi connectivity index (χ1v) is 8.61. The second kappa shape index (κ2) is 7.09. The number of hydrogen-bond donors (Lipinski definition) is 2. The van der Waals surface area contributed by atoms with E-state index in [1.165, 1.54) is 0 Å². The number of carboxylic acids is 1. The molecule has 2 N–H and O–H groups in total. The van der Waals surface area contributed by atoms with E-state index in [2.05, 4.69) is 17.3 Å². The zero-order chi connectivity index (χ0) is 17.9. The lowest BCUT2D eigenvalue weighted by Gasteiger charge is -2.36. The molecule has 1 aromatic carbocycles. The largest absolute Gasteiger partial charge is 0.480 e. The maximum atomic E-state index is 12.5. The molecule has 3 rings (SSSR count). The summed E-state index contributed by atoms with van der Waals surface area (Å²) in [5.41, 5.74) is 0.361. The van der Waals surface area contributed by atoms with Gasteiger partial charge in [0.25, 0.3) is 5.91 Å². The molecule has 0 radical (unpaired) electrons. The molecule has 1 fully saturated rings. The van der Waals surface area contributed by atoms with Crippen LogP contribution in [0, 0.1) is 5.92 Å². The highest BCUT2D eigenvalue weighted by Gasteiger charge is 2.42. The molecule has 0 saturated heterocycles. The lowest BCUT2D eigenvalue weighted by Crippen LogP contribution is -2.56. The maximum absolute atomic E-state index is 12.5. The van der Waals surface area contributed by atoms with Crippen molar-refractivity contribution in [2.24, 2.45) is 5.92 Å². The Balaban J connectivity index is 1.68. The van der Waals surface area contributed by atoms with Crippen molar-refractivity contribution in [2.75, 3.05) is 0 Å². The number of aliphatic carboxylic acids is 1. The van der Waals surface area contributed by atoms with Crippen molar-refractivity contribution in [3.8, 4) is 0 Å². The number of nitrogens with zero attached hydrogens (tertiary/aromatic N) is 2. The van der Waals surface area contributed by atoms with Crippen molar-refractivity contribution >= 4 is 11.9 Å². The van der Waals surface area contributed by atoms with Gasteiger partial charge in [-0.05, 0) is 55.4 Å². The molecule has 1 amide bonds. The third-order valence-electron chi connectivity index (χ3n) is 5.01. The van der Waals surface area contributed by atoms with E-state index in [1.54, 1.807) is 23.0 Å². The molecule has 0 unspecified atom stereocenters. The Bertz CT molecular complexity index is 730. The topological polar surface area (TPSA) is 84.2 Å². The summed E-state index contributed by atoms with van der Waals surface area (Å²) in [5, 5.41) is 16.6. The number of carboxylic acid groups (broad SMARTS) is 1. The number of nitrogens with one attached hydrogen (secondary N) is 1. The zero-order valence-electron chi connectivity index (χ0n) is 14.3. The van der Waals surface area contributed by atoms with E-state index in [4.69, 9.17) is 0 Å². The molecule has 1 saturated carbocycles. The van der Waals surface area contributed by atoms with Crippen molar-refractivity contribution < 1.29 is 14.7 Å². The van der Waals surface area contributed by atoms with Crippen LogP contribution in [0.5, 0.6) is 0 Å². The Labute approximate surface area is 146 Å². The maximum Gasteiger partial charge on any atom is 0.329 e. The number of amides is 1. The van der Waals surface area contributed by atoms with Crippen LogP contribution in [-0.4, -0.2) is 32.3 Å². The summed E-state index contributed by atoms with van der Waals surface area (Å²) >= 11 is 0. The van der Waals surface area contributed by atoms with Gasteiger partial charge in [-0.3, -0.25) is 9.48 Å². The van der Waals surface area contributed by atoms with E-state index in [1.807, 2.05) is 24.4 Å². The van der Waals surface area contributed by atoms with Gasteiger partial charge in [-0.25, -0.2) is 4.79 Å². The van der Waals surface area contributed by atoms with E-state index in [9.17, 15) is 14.7 Å². The number of carbonyl (C=O) groups excluding carboxylic acids is 1. The smallest absolute Gasteiger partial charge is 0.329 e. The summed E-state index contributed by atoms with van der Waals surface area (Å²) in [6.45, 7) is 2.75. The summed E-state index contributed by atoms with van der Waals surface area (Å²) in [5.74, 6) is -0.767. The fourth-order valence-corrected chi connectivity index (χ4v) is 3.28. The van der Waals surface area contributed by atoms with Gasteiger partial charge in [0.2, 0.25) is 0 Å². The molecule has 6 nitrogen and oxygen atoms in total. The van der Waals surface area contributed by atoms with Crippen LogP contribution in [0.2, 0.25) is 0 Å². The third kappa shape index (κ3) is 3.90. The van der Waals surface area contributed by atoms with E-state index >= 15 is 0 Å². The van der Waals surface area contributed by atoms with Crippen molar-refractivity contribution in [1.82, 2.24) is 15.1 Å². The number of benzene rings is 1. The van der Waals surface area contributed by atoms with Crippen LogP contribution in [0.15, 0.2) is 42.7 Å². The summed E-state index contributed by atoms with van der Waals surface area (Å²) in [6.07, 6.45) is 6.18. The van der Waals surface area contributed by atoms with Crippen LogP contribution < -0.4 is 5.32 Å². The molecule has 0 bridgehead atoms. The Morgan fingerprint density at radius 1 is 1.28 bits per heavy atom. The first kappa shape index (κ1) is 17.2. The average Bonchev–Trinajstić information content (AvgIpc) is 3.10. The molecule has 2 aromatic rings. The predicted molar refractivity (Wildman–Crippen MR) is 93.2 cm³/mol. The van der Waals surface area contributed by atoms with Crippen LogP contribution in [0.4, 0.5) is 0 Å². The van der Waals surface area contributed by atoms with Crippen LogP contribution in [0.3, 0.4) is 0 Å². The quantitative estimate of drug-likeness (QED) is 0.876. The average molecular weight is 341 g/mol. The minimum Gasteiger partial charge on any atom is -0.480 e. The highest BCUT2D eigenvalue weighted by Crippen LogP contribution is 2.32. The number of aromatic nitrogens is 2. The van der Waals surface area contributed by atoms with Gasteiger partial charge >= 0.3 is 5.97 Å². The van der Waals surface area contributed by atoms with Crippen LogP contribution in [-0.2, 0) is 11.3 Å². The summed E-state index contributed by atoms with van der Waals surface area (Å²) in [6, 6.07) is 9.06. The Morgan fingerprint density at radius 2 is 1.96 bits per heavy atom. The molecule has 0 spiro atoms. The second-order valence-corrected chi connectivity index (χ2v) is 6.92. The fraction of sp³-hybridized carbons (Fsp3) is 0.421. The highest BCUT2D eigenvalue weighted by molar-refractivity contribution is 5.97. The minimum absolute atomic E-state index is 0.331. The molecule has 6 heteroatoms. The van der Waals surface area contributed by atoms with Gasteiger partial charge in [-0.2, -0.15) is 5.10 Å². The SMILES string of the molecule is CC1CCC(NC(=O)c2ccc(Cn3cccn3)cc2)(C(=O)O)CC1.